The number of nitrogens with one attached hydrogen (secondary N) is 4. The van der Waals surface area contributed by atoms with Crippen molar-refractivity contribution in [2.45, 2.75) is 72.4 Å². The first-order valence-corrected chi connectivity index (χ1v) is 15.8. The third-order valence-corrected chi connectivity index (χ3v) is 6.08. The summed E-state index contributed by atoms with van der Waals surface area (Å²) in [6, 6.07) is 8.01. The summed E-state index contributed by atoms with van der Waals surface area (Å²) in [5.41, 5.74) is 11.8. The number of carbonyl (C=O) groups excluding carboxylic acids is 5. The van der Waals surface area contributed by atoms with Crippen LogP contribution in [0.15, 0.2) is 35.3 Å². The normalized spacial score (nSPS) is 11.0. The Morgan fingerprint density at radius 2 is 1.52 bits per heavy atom. The van der Waals surface area contributed by atoms with E-state index in [1.54, 1.807) is 13.8 Å². The summed E-state index contributed by atoms with van der Waals surface area (Å²) in [6.07, 6.45) is 1.10. The molecule has 2 atom stereocenters. The predicted octanol–water partition coefficient (Wildman–Crippen LogP) is -0.0738. The number of carbonyl (C=O) groups is 6. The maximum absolute atomic E-state index is 12.6. The van der Waals surface area contributed by atoms with Gasteiger partial charge in [-0.2, -0.15) is 12.6 Å². The lowest BCUT2D eigenvalue weighted by atomic mass is 10.1. The second kappa shape index (κ2) is 27.0. The number of guanidine groups is 1. The van der Waals surface area contributed by atoms with Gasteiger partial charge >= 0.3 is 5.97 Å². The Balaban J connectivity index is 0. The Kier molecular flexibility index (Phi) is 25.7. The fourth-order valence-electron chi connectivity index (χ4n) is 3.41. The minimum atomic E-state index is -1.24. The smallest absolute Gasteiger partial charge is 0.326 e. The van der Waals surface area contributed by atoms with Crippen molar-refractivity contribution in [3.8, 4) is 0 Å². The van der Waals surface area contributed by atoms with E-state index in [9.17, 15) is 33.9 Å². The van der Waals surface area contributed by atoms with E-state index in [4.69, 9.17) is 11.5 Å². The summed E-state index contributed by atoms with van der Waals surface area (Å²) >= 11 is 4.03. The second-order valence-electron chi connectivity index (χ2n) is 9.53. The largest absolute Gasteiger partial charge is 0.480 e. The molecule has 9 N–H and O–H groups in total. The molecule has 0 saturated carbocycles. The van der Waals surface area contributed by atoms with Gasteiger partial charge in [-0.15, -0.1) is 0 Å². The number of hydrogen-bond acceptors (Lipinski definition) is 8. The Morgan fingerprint density at radius 1 is 0.913 bits per heavy atom. The molecular formula is C30H52N8O7S. The molecule has 0 aliphatic carbocycles. The molecule has 0 bridgehead atoms. The number of benzene rings is 1. The van der Waals surface area contributed by atoms with Crippen LogP contribution in [0.3, 0.4) is 0 Å². The molecule has 0 aliphatic heterocycles. The van der Waals surface area contributed by atoms with Gasteiger partial charge in [-0.05, 0) is 26.2 Å². The number of nitrogens with zero attached hydrogens (tertiary/aromatic N) is 2. The Bertz CT molecular complexity index is 1100. The number of aryl methyl sites for hydroxylation is 1. The summed E-state index contributed by atoms with van der Waals surface area (Å²) in [7, 11) is 0. The molecule has 0 fully saturated rings. The van der Waals surface area contributed by atoms with E-state index >= 15 is 0 Å². The third-order valence-electron chi connectivity index (χ3n) is 5.72. The van der Waals surface area contributed by atoms with Crippen molar-refractivity contribution in [2.75, 3.05) is 38.5 Å². The quantitative estimate of drug-likeness (QED) is 0.0451. The molecule has 260 valence electrons. The number of carboxylic acids is 1. The number of nitrogens with two attached hydrogens (primary N) is 2. The minimum Gasteiger partial charge on any atom is -0.480 e. The molecule has 1 rings (SSSR count). The van der Waals surface area contributed by atoms with Gasteiger partial charge in [0.05, 0.1) is 19.6 Å². The van der Waals surface area contributed by atoms with E-state index in [1.165, 1.54) is 10.5 Å². The van der Waals surface area contributed by atoms with Crippen molar-refractivity contribution in [3.63, 3.8) is 0 Å². The summed E-state index contributed by atoms with van der Waals surface area (Å²) in [4.78, 5) is 77.0. The molecule has 46 heavy (non-hydrogen) atoms. The summed E-state index contributed by atoms with van der Waals surface area (Å²) in [6.45, 7) is 8.70. The lowest BCUT2D eigenvalue weighted by molar-refractivity contribution is -0.143. The SMILES string of the molecule is CC.CCCN(CC(=O)NC(CCCN=C(N)N)C(=O)O)C(=O)CNC(=O)C(CS)NC(=O)CNC(=O)CC.Cc1ccccc1. The molecule has 0 heterocycles. The zero-order valence-electron chi connectivity index (χ0n) is 27.5. The zero-order chi connectivity index (χ0) is 35.5. The lowest BCUT2D eigenvalue weighted by Gasteiger charge is -2.24. The number of rotatable bonds is 18. The average molecular weight is 669 g/mol. The topological polar surface area (TPSA) is 238 Å². The highest BCUT2D eigenvalue weighted by molar-refractivity contribution is 7.80. The average Bonchev–Trinajstić information content (AvgIpc) is 3.03. The van der Waals surface area contributed by atoms with Gasteiger partial charge in [0.1, 0.15) is 12.1 Å². The highest BCUT2D eigenvalue weighted by Gasteiger charge is 2.24. The van der Waals surface area contributed by atoms with Crippen LogP contribution < -0.4 is 32.7 Å². The van der Waals surface area contributed by atoms with Gasteiger partial charge in [-0.1, -0.05) is 63.6 Å². The number of aliphatic carboxylic acids is 1. The number of thiol groups is 1. The lowest BCUT2D eigenvalue weighted by Crippen LogP contribution is -2.53. The number of hydrogen-bond donors (Lipinski definition) is 8. The zero-order valence-corrected chi connectivity index (χ0v) is 28.4. The number of aliphatic imine (C=N–C) groups is 1. The van der Waals surface area contributed by atoms with Gasteiger partial charge in [0.25, 0.3) is 0 Å². The number of amides is 5. The number of carboxylic acid groups (broad SMARTS) is 1. The van der Waals surface area contributed by atoms with Crippen LogP contribution in [0, 0.1) is 6.92 Å². The van der Waals surface area contributed by atoms with Crippen LogP contribution in [0.25, 0.3) is 0 Å². The highest BCUT2D eigenvalue weighted by atomic mass is 32.1. The van der Waals surface area contributed by atoms with E-state index in [0.717, 1.165) is 0 Å². The summed E-state index contributed by atoms with van der Waals surface area (Å²) in [5.74, 6) is -4.29. The van der Waals surface area contributed by atoms with E-state index in [1.807, 2.05) is 32.0 Å². The molecule has 15 nitrogen and oxygen atoms in total. The molecule has 1 aromatic rings. The van der Waals surface area contributed by atoms with Gasteiger partial charge in [-0.25, -0.2) is 4.79 Å². The van der Waals surface area contributed by atoms with E-state index < -0.39 is 54.8 Å². The van der Waals surface area contributed by atoms with Gasteiger partial charge in [-0.3, -0.25) is 29.0 Å². The van der Waals surface area contributed by atoms with E-state index in [-0.39, 0.29) is 50.1 Å². The standard InChI is InChI=1S/C21H38N8O7S.C7H8.C2H6/c1-3-8-29(11-17(32)27-13(20(35)36)6-5-7-24-21(22)23)18(33)10-26-19(34)14(12-37)28-16(31)9-25-15(30)4-2;1-7-5-3-2-4-6-7;1-2/h13-14,37H,3-12H2,1-2H3,(H,25,30)(H,26,34)(H,27,32)(H,28,31)(H,35,36)(H4,22,23,24);2-6H,1H3;1-2H3. The predicted molar refractivity (Wildman–Crippen MR) is 181 cm³/mol. The molecule has 5 amide bonds. The first-order chi connectivity index (χ1) is 21.8. The molecule has 2 unspecified atom stereocenters. The maximum Gasteiger partial charge on any atom is 0.326 e. The van der Waals surface area contributed by atoms with E-state index in [2.05, 4.69) is 57.9 Å². The fourth-order valence-corrected chi connectivity index (χ4v) is 3.67. The molecule has 0 radical (unpaired) electrons. The van der Waals surface area contributed by atoms with Crippen LogP contribution in [0.5, 0.6) is 0 Å². The summed E-state index contributed by atoms with van der Waals surface area (Å²) < 4.78 is 0. The van der Waals surface area contributed by atoms with Gasteiger partial charge in [0, 0.05) is 25.3 Å². The van der Waals surface area contributed by atoms with E-state index in [0.29, 0.717) is 12.8 Å². The van der Waals surface area contributed by atoms with Crippen LogP contribution in [0.4, 0.5) is 0 Å². The first-order valence-electron chi connectivity index (χ1n) is 15.2. The van der Waals surface area contributed by atoms with Crippen molar-refractivity contribution in [3.05, 3.63) is 35.9 Å². The van der Waals surface area contributed by atoms with Gasteiger partial charge in [0.2, 0.25) is 29.5 Å². The molecule has 0 spiro atoms. The minimum absolute atomic E-state index is 0.0612. The third kappa shape index (κ3) is 22.2. The fraction of sp³-hybridized carbons (Fsp3) is 0.567. The molecule has 0 saturated heterocycles. The maximum atomic E-state index is 12.6. The Labute approximate surface area is 277 Å². The highest BCUT2D eigenvalue weighted by Crippen LogP contribution is 2.00. The monoisotopic (exact) mass is 668 g/mol. The van der Waals surface area contributed by atoms with Crippen LogP contribution in [-0.2, 0) is 28.8 Å². The second-order valence-corrected chi connectivity index (χ2v) is 9.89. The van der Waals surface area contributed by atoms with Crippen molar-refractivity contribution >= 4 is 54.1 Å². The van der Waals surface area contributed by atoms with Crippen molar-refractivity contribution < 1.29 is 33.9 Å². The van der Waals surface area contributed by atoms with Gasteiger partial charge in [0.15, 0.2) is 5.96 Å². The summed E-state index contributed by atoms with van der Waals surface area (Å²) in [5, 5.41) is 18.9. The van der Waals surface area contributed by atoms with Crippen molar-refractivity contribution in [2.24, 2.45) is 16.5 Å². The van der Waals surface area contributed by atoms with Crippen LogP contribution in [0.1, 0.15) is 58.9 Å². The molecule has 0 aliphatic rings. The molecule has 16 heteroatoms. The molecular weight excluding hydrogens is 616 g/mol. The van der Waals surface area contributed by atoms with Crippen LogP contribution >= 0.6 is 12.6 Å². The van der Waals surface area contributed by atoms with Crippen molar-refractivity contribution in [1.29, 1.82) is 0 Å². The van der Waals surface area contributed by atoms with Crippen LogP contribution in [-0.4, -0.2) is 102 Å². The Hall–Kier alpha value is -4.34. The van der Waals surface area contributed by atoms with Crippen LogP contribution in [0.2, 0.25) is 0 Å². The van der Waals surface area contributed by atoms with Gasteiger partial charge < -0.3 is 42.7 Å². The Morgan fingerprint density at radius 3 is 2.00 bits per heavy atom. The molecule has 1 aromatic carbocycles. The van der Waals surface area contributed by atoms with Crippen molar-refractivity contribution in [1.82, 2.24) is 26.2 Å². The molecule has 0 aromatic heterocycles. The first kappa shape index (κ1) is 43.8.